The van der Waals surface area contributed by atoms with Gasteiger partial charge in [0.05, 0.1) is 12.2 Å². The van der Waals surface area contributed by atoms with Crippen molar-refractivity contribution in [3.8, 4) is 5.75 Å². The maximum Gasteiger partial charge on any atom is 0.335 e. The van der Waals surface area contributed by atoms with Crippen LogP contribution in [0.15, 0.2) is 18.2 Å². The SMILES string of the molecule is Cc1cc(OCCO)cc(C(=O)O)c1. The van der Waals surface area contributed by atoms with Gasteiger partial charge in [-0.05, 0) is 30.7 Å². The average molecular weight is 196 g/mol. The number of aliphatic hydroxyl groups excluding tert-OH is 1. The maximum absolute atomic E-state index is 10.7. The second-order valence-corrected chi connectivity index (χ2v) is 2.91. The van der Waals surface area contributed by atoms with Gasteiger partial charge in [-0.3, -0.25) is 0 Å². The molecule has 2 N–H and O–H groups in total. The Hall–Kier alpha value is -1.55. The van der Waals surface area contributed by atoms with Crippen LogP contribution >= 0.6 is 0 Å². The molecule has 14 heavy (non-hydrogen) atoms. The number of rotatable bonds is 4. The second-order valence-electron chi connectivity index (χ2n) is 2.91. The van der Waals surface area contributed by atoms with E-state index < -0.39 is 5.97 Å². The van der Waals surface area contributed by atoms with E-state index in [1.54, 1.807) is 19.1 Å². The molecule has 0 aliphatic carbocycles. The lowest BCUT2D eigenvalue weighted by Gasteiger charge is -2.06. The van der Waals surface area contributed by atoms with Crippen LogP contribution in [0.4, 0.5) is 0 Å². The van der Waals surface area contributed by atoms with E-state index in [4.69, 9.17) is 14.9 Å². The Bertz CT molecular complexity index is 333. The minimum Gasteiger partial charge on any atom is -0.491 e. The normalized spacial score (nSPS) is 9.86. The minimum absolute atomic E-state index is 0.0870. The molecule has 0 aromatic heterocycles. The molecule has 1 aromatic carbocycles. The number of aromatic carboxylic acids is 1. The van der Waals surface area contributed by atoms with E-state index in [2.05, 4.69) is 0 Å². The first-order chi connectivity index (χ1) is 6.63. The van der Waals surface area contributed by atoms with Crippen molar-refractivity contribution in [1.29, 1.82) is 0 Å². The van der Waals surface area contributed by atoms with Crippen molar-refractivity contribution in [2.24, 2.45) is 0 Å². The lowest BCUT2D eigenvalue weighted by Crippen LogP contribution is -2.03. The highest BCUT2D eigenvalue weighted by molar-refractivity contribution is 5.88. The number of benzene rings is 1. The molecule has 0 spiro atoms. The molecule has 0 saturated heterocycles. The van der Waals surface area contributed by atoms with Crippen LogP contribution in [0.2, 0.25) is 0 Å². The molecule has 4 nitrogen and oxygen atoms in total. The third-order valence-corrected chi connectivity index (χ3v) is 1.66. The molecular formula is C10H12O4. The molecule has 0 unspecified atom stereocenters. The Morgan fingerprint density at radius 2 is 2.14 bits per heavy atom. The van der Waals surface area contributed by atoms with Crippen molar-refractivity contribution >= 4 is 5.97 Å². The molecule has 0 fully saturated rings. The molecule has 4 heteroatoms. The molecule has 1 aromatic rings. The lowest BCUT2D eigenvalue weighted by molar-refractivity contribution is 0.0696. The van der Waals surface area contributed by atoms with Gasteiger partial charge in [-0.15, -0.1) is 0 Å². The van der Waals surface area contributed by atoms with Crippen molar-refractivity contribution in [3.63, 3.8) is 0 Å². The topological polar surface area (TPSA) is 66.8 Å². The molecule has 0 saturated carbocycles. The highest BCUT2D eigenvalue weighted by atomic mass is 16.5. The molecule has 76 valence electrons. The summed E-state index contributed by atoms with van der Waals surface area (Å²) in [5.74, 6) is -0.515. The third kappa shape index (κ3) is 2.74. The second kappa shape index (κ2) is 4.62. The fourth-order valence-electron chi connectivity index (χ4n) is 1.12. The van der Waals surface area contributed by atoms with Crippen LogP contribution in [0.5, 0.6) is 5.75 Å². The Morgan fingerprint density at radius 3 is 2.71 bits per heavy atom. The summed E-state index contributed by atoms with van der Waals surface area (Å²) in [5, 5.41) is 17.3. The molecule has 0 amide bonds. The number of aliphatic hydroxyl groups is 1. The highest BCUT2D eigenvalue weighted by Crippen LogP contribution is 2.16. The van der Waals surface area contributed by atoms with Crippen molar-refractivity contribution in [2.45, 2.75) is 6.92 Å². The number of carboxylic acids is 1. The average Bonchev–Trinajstić information content (AvgIpc) is 2.14. The van der Waals surface area contributed by atoms with Crippen LogP contribution in [0.1, 0.15) is 15.9 Å². The summed E-state index contributed by atoms with van der Waals surface area (Å²) in [6.07, 6.45) is 0. The van der Waals surface area contributed by atoms with Crippen molar-refractivity contribution in [1.82, 2.24) is 0 Å². The number of carboxylic acid groups (broad SMARTS) is 1. The van der Waals surface area contributed by atoms with E-state index in [9.17, 15) is 4.79 Å². The Morgan fingerprint density at radius 1 is 1.43 bits per heavy atom. The van der Waals surface area contributed by atoms with Gasteiger partial charge in [-0.2, -0.15) is 0 Å². The summed E-state index contributed by atoms with van der Waals surface area (Å²) in [6.45, 7) is 1.87. The van der Waals surface area contributed by atoms with Gasteiger partial charge in [-0.25, -0.2) is 4.79 Å². The van der Waals surface area contributed by atoms with E-state index >= 15 is 0 Å². The van der Waals surface area contributed by atoms with E-state index in [0.717, 1.165) is 5.56 Å². The van der Waals surface area contributed by atoms with Crippen LogP contribution in [-0.2, 0) is 0 Å². The van der Waals surface area contributed by atoms with Crippen LogP contribution in [-0.4, -0.2) is 29.4 Å². The molecule has 0 aliphatic rings. The molecular weight excluding hydrogens is 184 g/mol. The quantitative estimate of drug-likeness (QED) is 0.755. The van der Waals surface area contributed by atoms with Crippen LogP contribution in [0, 0.1) is 6.92 Å². The molecule has 0 bridgehead atoms. The Kier molecular flexibility index (Phi) is 3.48. The number of aryl methyl sites for hydroxylation is 1. The molecule has 0 heterocycles. The first kappa shape index (κ1) is 10.5. The number of hydrogen-bond donors (Lipinski definition) is 2. The highest BCUT2D eigenvalue weighted by Gasteiger charge is 2.05. The van der Waals surface area contributed by atoms with Crippen molar-refractivity contribution < 1.29 is 19.7 Å². The zero-order valence-corrected chi connectivity index (χ0v) is 7.86. The van der Waals surface area contributed by atoms with Crippen molar-refractivity contribution in [3.05, 3.63) is 29.3 Å². The number of carbonyl (C=O) groups is 1. The van der Waals surface area contributed by atoms with Gasteiger partial charge in [0, 0.05) is 0 Å². The van der Waals surface area contributed by atoms with E-state index in [-0.39, 0.29) is 18.8 Å². The maximum atomic E-state index is 10.7. The van der Waals surface area contributed by atoms with Gasteiger partial charge >= 0.3 is 5.97 Å². The lowest BCUT2D eigenvalue weighted by atomic mass is 10.1. The zero-order valence-electron chi connectivity index (χ0n) is 7.86. The minimum atomic E-state index is -0.984. The first-order valence-corrected chi connectivity index (χ1v) is 4.22. The Balaban J connectivity index is 2.89. The van der Waals surface area contributed by atoms with E-state index in [1.165, 1.54) is 6.07 Å². The van der Waals surface area contributed by atoms with Crippen molar-refractivity contribution in [2.75, 3.05) is 13.2 Å². The van der Waals surface area contributed by atoms with Crippen LogP contribution < -0.4 is 4.74 Å². The first-order valence-electron chi connectivity index (χ1n) is 4.22. The summed E-state index contributed by atoms with van der Waals surface area (Å²) in [6, 6.07) is 4.72. The monoisotopic (exact) mass is 196 g/mol. The summed E-state index contributed by atoms with van der Waals surface area (Å²) in [4.78, 5) is 10.7. The molecule has 1 rings (SSSR count). The number of ether oxygens (including phenoxy) is 1. The van der Waals surface area contributed by atoms with Gasteiger partial charge in [-0.1, -0.05) is 0 Å². The predicted molar refractivity (Wildman–Crippen MR) is 50.7 cm³/mol. The fraction of sp³-hybridized carbons (Fsp3) is 0.300. The summed E-state index contributed by atoms with van der Waals surface area (Å²) in [5.41, 5.74) is 1.01. The Labute approximate surface area is 81.8 Å². The molecule has 0 radical (unpaired) electrons. The summed E-state index contributed by atoms with van der Waals surface area (Å²) >= 11 is 0. The standard InChI is InChI=1S/C10H12O4/c1-7-4-8(10(12)13)6-9(5-7)14-3-2-11/h4-6,11H,2-3H2,1H3,(H,12,13). The zero-order chi connectivity index (χ0) is 10.6. The molecule has 0 atom stereocenters. The molecule has 0 aliphatic heterocycles. The summed E-state index contributed by atoms with van der Waals surface area (Å²) in [7, 11) is 0. The van der Waals surface area contributed by atoms with Crippen LogP contribution in [0.25, 0.3) is 0 Å². The van der Waals surface area contributed by atoms with Gasteiger partial charge in [0.25, 0.3) is 0 Å². The fourth-order valence-corrected chi connectivity index (χ4v) is 1.12. The van der Waals surface area contributed by atoms with Gasteiger partial charge in [0.2, 0.25) is 0 Å². The third-order valence-electron chi connectivity index (χ3n) is 1.66. The van der Waals surface area contributed by atoms with Gasteiger partial charge < -0.3 is 14.9 Å². The number of hydrogen-bond acceptors (Lipinski definition) is 3. The predicted octanol–water partition coefficient (Wildman–Crippen LogP) is 1.06. The summed E-state index contributed by atoms with van der Waals surface area (Å²) < 4.78 is 5.11. The van der Waals surface area contributed by atoms with E-state index in [1.807, 2.05) is 0 Å². The van der Waals surface area contributed by atoms with Gasteiger partial charge in [0.15, 0.2) is 0 Å². The van der Waals surface area contributed by atoms with Gasteiger partial charge in [0.1, 0.15) is 12.4 Å². The smallest absolute Gasteiger partial charge is 0.335 e. The largest absolute Gasteiger partial charge is 0.491 e. The van der Waals surface area contributed by atoms with Crippen LogP contribution in [0.3, 0.4) is 0 Å². The van der Waals surface area contributed by atoms with E-state index in [0.29, 0.717) is 5.75 Å².